The number of hydrogen-bond donors (Lipinski definition) is 0. The van der Waals surface area contributed by atoms with Crippen LogP contribution in [0.3, 0.4) is 0 Å². The number of benzene rings is 1. The van der Waals surface area contributed by atoms with Crippen LogP contribution in [0.4, 0.5) is 5.69 Å². The average molecular weight is 192 g/mol. The monoisotopic (exact) mass is 192 g/mol. The van der Waals surface area contributed by atoms with Crippen LogP contribution in [-0.2, 0) is 0 Å². The second-order valence-electron chi connectivity index (χ2n) is 2.71. The zero-order valence-electron chi connectivity index (χ0n) is 7.77. The smallest absolute Gasteiger partial charge is 0.276 e. The number of nitrogens with zero attached hydrogens (tertiary/aromatic N) is 2. The Hall–Kier alpha value is -2.09. The summed E-state index contributed by atoms with van der Waals surface area (Å²) < 4.78 is 4.86. The maximum Gasteiger partial charge on any atom is 0.276 e. The summed E-state index contributed by atoms with van der Waals surface area (Å²) in [6, 6.07) is 4.61. The minimum Gasteiger partial charge on any atom is -0.495 e. The van der Waals surface area contributed by atoms with Crippen LogP contribution in [0.1, 0.15) is 11.1 Å². The van der Waals surface area contributed by atoms with Gasteiger partial charge in [-0.3, -0.25) is 10.1 Å². The maximum atomic E-state index is 10.6. The topological polar surface area (TPSA) is 76.2 Å². The largest absolute Gasteiger partial charge is 0.495 e. The van der Waals surface area contributed by atoms with Gasteiger partial charge in [0, 0.05) is 5.56 Å². The number of nitro benzene ring substituents is 1. The first kappa shape index (κ1) is 9.99. The molecule has 0 N–H and O–H groups in total. The Labute approximate surface area is 80.7 Å². The molecule has 0 heterocycles. The van der Waals surface area contributed by atoms with Crippen molar-refractivity contribution in [2.24, 2.45) is 0 Å². The number of nitro groups is 1. The fraction of sp³-hybridized carbons (Fsp3) is 0.222. The minimum absolute atomic E-state index is 0.0409. The zero-order chi connectivity index (χ0) is 10.7. The van der Waals surface area contributed by atoms with Gasteiger partial charge in [0.15, 0.2) is 0 Å². The van der Waals surface area contributed by atoms with Gasteiger partial charge in [0.05, 0.1) is 23.7 Å². The van der Waals surface area contributed by atoms with Crippen LogP contribution in [0.15, 0.2) is 12.1 Å². The van der Waals surface area contributed by atoms with E-state index in [-0.39, 0.29) is 11.4 Å². The molecular weight excluding hydrogens is 184 g/mol. The Morgan fingerprint density at radius 3 is 2.64 bits per heavy atom. The van der Waals surface area contributed by atoms with Crippen LogP contribution < -0.4 is 4.74 Å². The van der Waals surface area contributed by atoms with Crippen molar-refractivity contribution in [2.45, 2.75) is 6.92 Å². The molecule has 14 heavy (non-hydrogen) atoms. The summed E-state index contributed by atoms with van der Waals surface area (Å²) in [5, 5.41) is 19.3. The molecule has 0 amide bonds. The number of ether oxygens (including phenoxy) is 1. The van der Waals surface area contributed by atoms with E-state index in [1.165, 1.54) is 19.2 Å². The van der Waals surface area contributed by atoms with E-state index in [0.29, 0.717) is 11.1 Å². The number of rotatable bonds is 2. The molecule has 1 aromatic rings. The quantitative estimate of drug-likeness (QED) is 0.528. The molecule has 1 aromatic carbocycles. The molecule has 0 fully saturated rings. The lowest BCUT2D eigenvalue weighted by molar-refractivity contribution is -0.385. The first-order valence-corrected chi connectivity index (χ1v) is 3.83. The molecule has 0 radical (unpaired) electrons. The molecule has 0 spiro atoms. The van der Waals surface area contributed by atoms with Crippen molar-refractivity contribution in [1.29, 1.82) is 5.26 Å². The molecule has 0 aromatic heterocycles. The van der Waals surface area contributed by atoms with Gasteiger partial charge in [-0.05, 0) is 13.0 Å². The SMILES string of the molecule is COc1cc([N+](=O)[O-])c(C)cc1C#N. The van der Waals surface area contributed by atoms with Gasteiger partial charge in [-0.15, -0.1) is 0 Å². The molecule has 0 saturated heterocycles. The Balaban J connectivity index is 3.39. The van der Waals surface area contributed by atoms with Crippen molar-refractivity contribution in [1.82, 2.24) is 0 Å². The van der Waals surface area contributed by atoms with Crippen molar-refractivity contribution in [3.8, 4) is 11.8 Å². The maximum absolute atomic E-state index is 10.6. The van der Waals surface area contributed by atoms with Crippen molar-refractivity contribution in [3.63, 3.8) is 0 Å². The molecule has 72 valence electrons. The van der Waals surface area contributed by atoms with Gasteiger partial charge in [0.1, 0.15) is 11.8 Å². The Kier molecular flexibility index (Phi) is 2.67. The van der Waals surface area contributed by atoms with E-state index >= 15 is 0 Å². The molecule has 5 heteroatoms. The van der Waals surface area contributed by atoms with Crippen LogP contribution >= 0.6 is 0 Å². The zero-order valence-corrected chi connectivity index (χ0v) is 7.77. The van der Waals surface area contributed by atoms with E-state index in [1.54, 1.807) is 6.92 Å². The summed E-state index contributed by atoms with van der Waals surface area (Å²) in [5.74, 6) is 0.227. The third-order valence-electron chi connectivity index (χ3n) is 1.84. The molecular formula is C9H8N2O3. The predicted molar refractivity (Wildman–Crippen MR) is 49.1 cm³/mol. The van der Waals surface area contributed by atoms with Gasteiger partial charge >= 0.3 is 0 Å². The summed E-state index contributed by atoms with van der Waals surface area (Å²) in [6.45, 7) is 1.58. The fourth-order valence-electron chi connectivity index (χ4n) is 1.13. The highest BCUT2D eigenvalue weighted by atomic mass is 16.6. The predicted octanol–water partition coefficient (Wildman–Crippen LogP) is 1.78. The van der Waals surface area contributed by atoms with Gasteiger partial charge in [-0.2, -0.15) is 5.26 Å². The van der Waals surface area contributed by atoms with Crippen molar-refractivity contribution >= 4 is 5.69 Å². The second-order valence-corrected chi connectivity index (χ2v) is 2.71. The number of aryl methyl sites for hydroxylation is 1. The molecule has 0 unspecified atom stereocenters. The highest BCUT2D eigenvalue weighted by Gasteiger charge is 2.15. The molecule has 0 aliphatic carbocycles. The fourth-order valence-corrected chi connectivity index (χ4v) is 1.13. The Morgan fingerprint density at radius 2 is 2.21 bits per heavy atom. The lowest BCUT2D eigenvalue weighted by Gasteiger charge is -2.03. The molecule has 5 nitrogen and oxygen atoms in total. The van der Waals surface area contributed by atoms with Crippen LogP contribution in [0.5, 0.6) is 5.75 Å². The summed E-state index contributed by atoms with van der Waals surface area (Å²) in [5.41, 5.74) is 0.712. The van der Waals surface area contributed by atoms with E-state index in [9.17, 15) is 10.1 Å². The number of hydrogen-bond acceptors (Lipinski definition) is 4. The third kappa shape index (κ3) is 1.64. The highest BCUT2D eigenvalue weighted by molar-refractivity contribution is 5.54. The first-order chi connectivity index (χ1) is 6.60. The molecule has 0 aliphatic rings. The summed E-state index contributed by atoms with van der Waals surface area (Å²) in [4.78, 5) is 10.1. The highest BCUT2D eigenvalue weighted by Crippen LogP contribution is 2.27. The van der Waals surface area contributed by atoms with E-state index < -0.39 is 4.92 Å². The summed E-state index contributed by atoms with van der Waals surface area (Å²) in [7, 11) is 1.37. The van der Waals surface area contributed by atoms with Crippen molar-refractivity contribution in [3.05, 3.63) is 33.4 Å². The standard InChI is InChI=1S/C9H8N2O3/c1-6-3-7(5-10)9(14-2)4-8(6)11(12)13/h3-4H,1-2H3. The lowest BCUT2D eigenvalue weighted by atomic mass is 10.1. The van der Waals surface area contributed by atoms with Crippen LogP contribution in [-0.4, -0.2) is 12.0 Å². The number of methoxy groups -OCH3 is 1. The van der Waals surface area contributed by atoms with Gasteiger partial charge in [-0.25, -0.2) is 0 Å². The normalized spacial score (nSPS) is 9.21. The Bertz CT molecular complexity index is 421. The molecule has 0 bridgehead atoms. The minimum atomic E-state index is -0.501. The van der Waals surface area contributed by atoms with Gasteiger partial charge < -0.3 is 4.74 Å². The summed E-state index contributed by atoms with van der Waals surface area (Å²) in [6.07, 6.45) is 0. The summed E-state index contributed by atoms with van der Waals surface area (Å²) >= 11 is 0. The van der Waals surface area contributed by atoms with Crippen LogP contribution in [0.2, 0.25) is 0 Å². The van der Waals surface area contributed by atoms with Gasteiger partial charge in [0.25, 0.3) is 5.69 Å². The van der Waals surface area contributed by atoms with Crippen LogP contribution in [0, 0.1) is 28.4 Å². The van der Waals surface area contributed by atoms with E-state index in [4.69, 9.17) is 10.00 Å². The van der Waals surface area contributed by atoms with Gasteiger partial charge in [-0.1, -0.05) is 0 Å². The second kappa shape index (κ2) is 3.75. The van der Waals surface area contributed by atoms with Gasteiger partial charge in [0.2, 0.25) is 0 Å². The molecule has 0 aliphatic heterocycles. The van der Waals surface area contributed by atoms with Crippen LogP contribution in [0.25, 0.3) is 0 Å². The lowest BCUT2D eigenvalue weighted by Crippen LogP contribution is -1.95. The van der Waals surface area contributed by atoms with E-state index in [0.717, 1.165) is 0 Å². The molecule has 1 rings (SSSR count). The third-order valence-corrected chi connectivity index (χ3v) is 1.84. The number of nitriles is 1. The van der Waals surface area contributed by atoms with E-state index in [1.807, 2.05) is 6.07 Å². The van der Waals surface area contributed by atoms with Crippen molar-refractivity contribution < 1.29 is 9.66 Å². The Morgan fingerprint density at radius 1 is 1.57 bits per heavy atom. The van der Waals surface area contributed by atoms with E-state index in [2.05, 4.69) is 0 Å². The van der Waals surface area contributed by atoms with Crippen molar-refractivity contribution in [2.75, 3.05) is 7.11 Å². The molecule has 0 saturated carbocycles. The average Bonchev–Trinajstić information content (AvgIpc) is 2.16. The molecule has 0 atom stereocenters. The first-order valence-electron chi connectivity index (χ1n) is 3.83.